The van der Waals surface area contributed by atoms with E-state index < -0.39 is 0 Å². The van der Waals surface area contributed by atoms with E-state index in [1.165, 1.54) is 5.56 Å². The molecule has 2 aromatic rings. The lowest BCUT2D eigenvalue weighted by Gasteiger charge is -2.25. The molecular weight excluding hydrogens is 268 g/mol. The van der Waals surface area contributed by atoms with Crippen LogP contribution in [0.5, 0.6) is 5.75 Å². The van der Waals surface area contributed by atoms with Crippen LogP contribution in [0.4, 0.5) is 4.79 Å². The first-order valence-corrected chi connectivity index (χ1v) is 7.05. The molecule has 2 N–H and O–H groups in total. The number of urea groups is 1. The van der Waals surface area contributed by atoms with Crippen molar-refractivity contribution in [1.82, 2.24) is 10.6 Å². The Labute approximate surface area is 123 Å². The number of para-hydroxylation sites is 1. The van der Waals surface area contributed by atoms with Gasteiger partial charge in [-0.25, -0.2) is 4.79 Å². The fourth-order valence-corrected chi connectivity index (χ4v) is 2.40. The van der Waals surface area contributed by atoms with Gasteiger partial charge in [-0.05, 0) is 24.1 Å². The highest BCUT2D eigenvalue weighted by molar-refractivity contribution is 5.73. The third-order valence-electron chi connectivity index (χ3n) is 3.54. The van der Waals surface area contributed by atoms with Gasteiger partial charge in [-0.15, -0.1) is 0 Å². The van der Waals surface area contributed by atoms with Crippen LogP contribution < -0.4 is 15.4 Å². The molecule has 0 bridgehead atoms. The summed E-state index contributed by atoms with van der Waals surface area (Å²) in [5.74, 6) is 1.26. The van der Waals surface area contributed by atoms with Crippen LogP contribution in [0.15, 0.2) is 47.3 Å². The maximum absolute atomic E-state index is 11.7. The van der Waals surface area contributed by atoms with E-state index in [0.717, 1.165) is 17.7 Å². The molecule has 0 aliphatic carbocycles. The molecule has 5 nitrogen and oxygen atoms in total. The number of furan rings is 1. The Morgan fingerprint density at radius 1 is 1.24 bits per heavy atom. The normalized spacial score (nSPS) is 16.7. The van der Waals surface area contributed by atoms with E-state index in [0.29, 0.717) is 25.6 Å². The van der Waals surface area contributed by atoms with Crippen LogP contribution in [0.3, 0.4) is 0 Å². The minimum absolute atomic E-state index is 0.171. The Hall–Kier alpha value is -2.43. The van der Waals surface area contributed by atoms with Gasteiger partial charge in [0.1, 0.15) is 5.75 Å². The zero-order chi connectivity index (χ0) is 14.5. The molecule has 110 valence electrons. The van der Waals surface area contributed by atoms with Crippen LogP contribution in [0.2, 0.25) is 0 Å². The first-order chi connectivity index (χ1) is 10.3. The van der Waals surface area contributed by atoms with E-state index in [1.54, 1.807) is 12.5 Å². The van der Waals surface area contributed by atoms with E-state index in [2.05, 4.69) is 16.7 Å². The molecule has 0 radical (unpaired) electrons. The van der Waals surface area contributed by atoms with Crippen LogP contribution in [-0.4, -0.2) is 19.2 Å². The zero-order valence-electron chi connectivity index (χ0n) is 11.7. The molecule has 1 aliphatic heterocycles. The molecule has 0 spiro atoms. The van der Waals surface area contributed by atoms with E-state index >= 15 is 0 Å². The molecule has 1 aromatic carbocycles. The Balaban J connectivity index is 1.42. The summed E-state index contributed by atoms with van der Waals surface area (Å²) in [5, 5.41) is 5.68. The first-order valence-electron chi connectivity index (χ1n) is 7.05. The quantitative estimate of drug-likeness (QED) is 0.906. The van der Waals surface area contributed by atoms with Gasteiger partial charge in [0.25, 0.3) is 0 Å². The number of hydrogen-bond donors (Lipinski definition) is 2. The average molecular weight is 286 g/mol. The summed E-state index contributed by atoms with van der Waals surface area (Å²) >= 11 is 0. The molecule has 2 heterocycles. The van der Waals surface area contributed by atoms with E-state index in [1.807, 2.05) is 24.3 Å². The van der Waals surface area contributed by atoms with Crippen molar-refractivity contribution < 1.29 is 13.9 Å². The molecule has 1 aromatic heterocycles. The summed E-state index contributed by atoms with van der Waals surface area (Å²) in [5.41, 5.74) is 2.15. The topological polar surface area (TPSA) is 63.5 Å². The Morgan fingerprint density at radius 3 is 3.00 bits per heavy atom. The minimum atomic E-state index is -0.171. The highest BCUT2D eigenvalue weighted by Gasteiger charge is 2.19. The van der Waals surface area contributed by atoms with Gasteiger partial charge in [0, 0.05) is 24.6 Å². The number of ether oxygens (including phenoxy) is 1. The molecule has 0 saturated carbocycles. The van der Waals surface area contributed by atoms with Gasteiger partial charge in [0.05, 0.1) is 19.1 Å². The molecule has 0 fully saturated rings. The monoisotopic (exact) mass is 286 g/mol. The van der Waals surface area contributed by atoms with Gasteiger partial charge in [-0.2, -0.15) is 0 Å². The predicted octanol–water partition coefficient (Wildman–Crippen LogP) is 2.33. The number of benzene rings is 1. The molecule has 1 atom stereocenters. The van der Waals surface area contributed by atoms with E-state index in [-0.39, 0.29) is 6.03 Å². The third-order valence-corrected chi connectivity index (χ3v) is 3.54. The van der Waals surface area contributed by atoms with Crippen LogP contribution in [0.1, 0.15) is 11.1 Å². The van der Waals surface area contributed by atoms with Crippen molar-refractivity contribution in [2.24, 2.45) is 5.92 Å². The van der Waals surface area contributed by atoms with Crippen LogP contribution in [-0.2, 0) is 13.0 Å². The number of hydrogen-bond acceptors (Lipinski definition) is 3. The number of rotatable bonds is 4. The minimum Gasteiger partial charge on any atom is -0.493 e. The maximum atomic E-state index is 11.7. The van der Waals surface area contributed by atoms with Gasteiger partial charge in [0.15, 0.2) is 0 Å². The lowest BCUT2D eigenvalue weighted by atomic mass is 9.97. The number of carbonyl (C=O) groups is 1. The second-order valence-corrected chi connectivity index (χ2v) is 5.18. The van der Waals surface area contributed by atoms with Gasteiger partial charge in [-0.1, -0.05) is 18.2 Å². The molecule has 2 amide bonds. The summed E-state index contributed by atoms with van der Waals surface area (Å²) in [6.07, 6.45) is 4.14. The standard InChI is InChI=1S/C16H18N2O3/c19-16(17-8-12-5-6-20-10-12)18-9-13-7-14-3-1-2-4-15(14)21-11-13/h1-6,10,13H,7-9,11H2,(H2,17,18,19)/t13-/m0/s1. The van der Waals surface area contributed by atoms with Crippen molar-refractivity contribution in [2.75, 3.05) is 13.2 Å². The van der Waals surface area contributed by atoms with Crippen LogP contribution in [0, 0.1) is 5.92 Å². The molecular formula is C16H18N2O3. The highest BCUT2D eigenvalue weighted by Crippen LogP contribution is 2.26. The summed E-state index contributed by atoms with van der Waals surface area (Å²) in [6.45, 7) is 1.71. The Morgan fingerprint density at radius 2 is 2.14 bits per heavy atom. The SMILES string of the molecule is O=C(NCc1ccoc1)NC[C@H]1COc2ccccc2C1. The predicted molar refractivity (Wildman–Crippen MR) is 78.1 cm³/mol. The maximum Gasteiger partial charge on any atom is 0.315 e. The van der Waals surface area contributed by atoms with Gasteiger partial charge in [0.2, 0.25) is 0 Å². The van der Waals surface area contributed by atoms with Crippen molar-refractivity contribution >= 4 is 6.03 Å². The average Bonchev–Trinajstić information content (AvgIpc) is 3.04. The molecule has 1 aliphatic rings. The van der Waals surface area contributed by atoms with Crippen LogP contribution in [0.25, 0.3) is 0 Å². The zero-order valence-corrected chi connectivity index (χ0v) is 11.7. The highest BCUT2D eigenvalue weighted by atomic mass is 16.5. The molecule has 3 rings (SSSR count). The van der Waals surface area contributed by atoms with Gasteiger partial charge < -0.3 is 19.8 Å². The lowest BCUT2D eigenvalue weighted by molar-refractivity contribution is 0.211. The molecule has 5 heteroatoms. The third kappa shape index (κ3) is 3.56. The number of nitrogens with one attached hydrogen (secondary N) is 2. The van der Waals surface area contributed by atoms with Crippen molar-refractivity contribution in [1.29, 1.82) is 0 Å². The Bertz CT molecular complexity index is 595. The summed E-state index contributed by atoms with van der Waals surface area (Å²) in [6, 6.07) is 9.69. The smallest absolute Gasteiger partial charge is 0.315 e. The van der Waals surface area contributed by atoms with E-state index in [4.69, 9.17) is 9.15 Å². The Kier molecular flexibility index (Phi) is 4.09. The van der Waals surface area contributed by atoms with Crippen molar-refractivity contribution in [3.63, 3.8) is 0 Å². The van der Waals surface area contributed by atoms with E-state index in [9.17, 15) is 4.79 Å². The molecule has 0 unspecified atom stereocenters. The van der Waals surface area contributed by atoms with Gasteiger partial charge in [-0.3, -0.25) is 0 Å². The summed E-state index contributed by atoms with van der Waals surface area (Å²) in [7, 11) is 0. The second kappa shape index (κ2) is 6.35. The number of fused-ring (bicyclic) bond motifs is 1. The largest absolute Gasteiger partial charge is 0.493 e. The van der Waals surface area contributed by atoms with Gasteiger partial charge >= 0.3 is 6.03 Å². The first kappa shape index (κ1) is 13.5. The lowest BCUT2D eigenvalue weighted by Crippen LogP contribution is -2.40. The second-order valence-electron chi connectivity index (χ2n) is 5.18. The van der Waals surface area contributed by atoms with Crippen molar-refractivity contribution in [3.8, 4) is 5.75 Å². The molecule has 21 heavy (non-hydrogen) atoms. The van der Waals surface area contributed by atoms with Crippen LogP contribution >= 0.6 is 0 Å². The van der Waals surface area contributed by atoms with Crippen molar-refractivity contribution in [3.05, 3.63) is 54.0 Å². The summed E-state index contributed by atoms with van der Waals surface area (Å²) < 4.78 is 10.7. The van der Waals surface area contributed by atoms with Crippen molar-refractivity contribution in [2.45, 2.75) is 13.0 Å². The fraction of sp³-hybridized carbons (Fsp3) is 0.312. The number of amides is 2. The molecule has 0 saturated heterocycles. The summed E-state index contributed by atoms with van der Waals surface area (Å²) in [4.78, 5) is 11.7. The fourth-order valence-electron chi connectivity index (χ4n) is 2.40. The number of carbonyl (C=O) groups excluding carboxylic acids is 1.